The van der Waals surface area contributed by atoms with Crippen molar-refractivity contribution in [2.75, 3.05) is 12.4 Å². The van der Waals surface area contributed by atoms with Crippen molar-refractivity contribution in [2.45, 2.75) is 31.3 Å². The number of phenols is 1. The van der Waals surface area contributed by atoms with E-state index < -0.39 is 5.97 Å². The monoisotopic (exact) mass is 279 g/mol. The van der Waals surface area contributed by atoms with Crippen LogP contribution in [0, 0.1) is 0 Å². The normalized spacial score (nSPS) is 16.2. The number of carbonyl (C=O) groups excluding carboxylic acids is 1. The van der Waals surface area contributed by atoms with Crippen molar-refractivity contribution < 1.29 is 24.5 Å². The van der Waals surface area contributed by atoms with Crippen LogP contribution in [0.4, 0.5) is 5.69 Å². The lowest BCUT2D eigenvalue weighted by atomic mass is 9.77. The van der Waals surface area contributed by atoms with E-state index in [2.05, 4.69) is 5.32 Å². The number of nitrogens with one attached hydrogen (secondary N) is 1. The maximum Gasteiger partial charge on any atom is 0.335 e. The highest BCUT2D eigenvalue weighted by Gasteiger charge is 2.39. The van der Waals surface area contributed by atoms with Gasteiger partial charge in [-0.3, -0.25) is 4.79 Å². The molecule has 1 aliphatic rings. The summed E-state index contributed by atoms with van der Waals surface area (Å²) in [4.78, 5) is 22.7. The number of carboxylic acids is 1. The molecule has 20 heavy (non-hydrogen) atoms. The van der Waals surface area contributed by atoms with Crippen LogP contribution in [0.15, 0.2) is 18.2 Å². The topological polar surface area (TPSA) is 95.9 Å². The van der Waals surface area contributed by atoms with Gasteiger partial charge >= 0.3 is 5.97 Å². The van der Waals surface area contributed by atoms with Gasteiger partial charge in [-0.1, -0.05) is 0 Å². The second kappa shape index (κ2) is 5.50. The molecule has 1 fully saturated rings. The molecular weight excluding hydrogens is 262 g/mol. The molecule has 0 aromatic heterocycles. The summed E-state index contributed by atoms with van der Waals surface area (Å²) in [6.45, 7) is 0. The van der Waals surface area contributed by atoms with Crippen molar-refractivity contribution in [1.82, 2.24) is 0 Å². The number of hydrogen-bond acceptors (Lipinski definition) is 4. The van der Waals surface area contributed by atoms with Crippen LogP contribution < -0.4 is 5.32 Å². The molecule has 1 aliphatic carbocycles. The van der Waals surface area contributed by atoms with Crippen LogP contribution >= 0.6 is 0 Å². The first-order valence-electron chi connectivity index (χ1n) is 6.37. The average Bonchev–Trinajstić information content (AvgIpc) is 2.36. The number of methoxy groups -OCH3 is 1. The Balaban J connectivity index is 2.02. The minimum atomic E-state index is -1.13. The molecule has 0 unspecified atom stereocenters. The number of aromatic hydroxyl groups is 1. The van der Waals surface area contributed by atoms with E-state index in [-0.39, 0.29) is 34.9 Å². The number of ether oxygens (including phenoxy) is 1. The Bertz CT molecular complexity index is 531. The summed E-state index contributed by atoms with van der Waals surface area (Å²) in [6.07, 6.45) is 2.96. The van der Waals surface area contributed by atoms with Crippen molar-refractivity contribution in [1.29, 1.82) is 0 Å². The second-order valence-electron chi connectivity index (χ2n) is 5.00. The molecule has 108 valence electrons. The summed E-state index contributed by atoms with van der Waals surface area (Å²) >= 11 is 0. The maximum absolute atomic E-state index is 11.9. The number of amides is 1. The quantitative estimate of drug-likeness (QED) is 0.716. The SMILES string of the molecule is COC1(CC(=O)Nc2ccc(C(=O)O)cc2O)CCC1. The Hall–Kier alpha value is -2.08. The lowest BCUT2D eigenvalue weighted by Crippen LogP contribution is -2.42. The zero-order valence-corrected chi connectivity index (χ0v) is 11.2. The van der Waals surface area contributed by atoms with Crippen LogP contribution in [0.2, 0.25) is 0 Å². The zero-order valence-electron chi connectivity index (χ0n) is 11.2. The van der Waals surface area contributed by atoms with E-state index in [9.17, 15) is 14.7 Å². The van der Waals surface area contributed by atoms with Gasteiger partial charge in [0.1, 0.15) is 5.75 Å². The first-order valence-corrected chi connectivity index (χ1v) is 6.37. The number of hydrogen-bond donors (Lipinski definition) is 3. The Kier molecular flexibility index (Phi) is 3.94. The van der Waals surface area contributed by atoms with E-state index in [1.165, 1.54) is 12.1 Å². The summed E-state index contributed by atoms with van der Waals surface area (Å²) in [5.74, 6) is -1.66. The summed E-state index contributed by atoms with van der Waals surface area (Å²) in [7, 11) is 1.59. The number of phenolic OH excluding ortho intramolecular Hbond substituents is 1. The van der Waals surface area contributed by atoms with Crippen LogP contribution in [0.1, 0.15) is 36.0 Å². The molecule has 0 spiro atoms. The molecular formula is C14H17NO5. The van der Waals surface area contributed by atoms with Gasteiger partial charge in [-0.05, 0) is 37.5 Å². The fourth-order valence-electron chi connectivity index (χ4n) is 2.28. The van der Waals surface area contributed by atoms with Gasteiger partial charge < -0.3 is 20.3 Å². The zero-order chi connectivity index (χ0) is 14.8. The molecule has 6 heteroatoms. The van der Waals surface area contributed by atoms with E-state index in [1.54, 1.807) is 7.11 Å². The predicted molar refractivity (Wildman–Crippen MR) is 71.9 cm³/mol. The maximum atomic E-state index is 11.9. The van der Waals surface area contributed by atoms with Crippen molar-refractivity contribution in [3.8, 4) is 5.75 Å². The molecule has 0 bridgehead atoms. The van der Waals surface area contributed by atoms with Gasteiger partial charge in [-0.15, -0.1) is 0 Å². The number of anilines is 1. The van der Waals surface area contributed by atoms with Crippen LogP contribution in [0.25, 0.3) is 0 Å². The van der Waals surface area contributed by atoms with Gasteiger partial charge in [0.05, 0.1) is 23.3 Å². The van der Waals surface area contributed by atoms with E-state index >= 15 is 0 Å². The Morgan fingerprint density at radius 1 is 1.40 bits per heavy atom. The fraction of sp³-hybridized carbons (Fsp3) is 0.429. The third-order valence-electron chi connectivity index (χ3n) is 3.70. The summed E-state index contributed by atoms with van der Waals surface area (Å²) in [6, 6.07) is 3.80. The van der Waals surface area contributed by atoms with Gasteiger partial charge in [0.15, 0.2) is 0 Å². The molecule has 1 amide bonds. The van der Waals surface area contributed by atoms with E-state index in [4.69, 9.17) is 9.84 Å². The number of carbonyl (C=O) groups is 2. The molecule has 0 saturated heterocycles. The number of rotatable bonds is 5. The molecule has 0 atom stereocenters. The molecule has 0 aliphatic heterocycles. The molecule has 6 nitrogen and oxygen atoms in total. The van der Waals surface area contributed by atoms with E-state index in [1.807, 2.05) is 0 Å². The van der Waals surface area contributed by atoms with Crippen molar-refractivity contribution in [3.63, 3.8) is 0 Å². The first kappa shape index (κ1) is 14.3. The van der Waals surface area contributed by atoms with Gasteiger partial charge in [0.25, 0.3) is 0 Å². The second-order valence-corrected chi connectivity index (χ2v) is 5.00. The van der Waals surface area contributed by atoms with Gasteiger partial charge in [-0.2, -0.15) is 0 Å². The number of aromatic carboxylic acids is 1. The van der Waals surface area contributed by atoms with Crippen molar-refractivity contribution >= 4 is 17.6 Å². The molecule has 1 aromatic rings. The Morgan fingerprint density at radius 2 is 2.10 bits per heavy atom. The molecule has 1 aromatic carbocycles. The standard InChI is InChI=1S/C14H17NO5/c1-20-14(5-2-6-14)8-12(17)15-10-4-3-9(13(18)19)7-11(10)16/h3-4,7,16H,2,5-6,8H2,1H3,(H,15,17)(H,18,19). The molecule has 1 saturated carbocycles. The largest absolute Gasteiger partial charge is 0.506 e. The summed E-state index contributed by atoms with van der Waals surface area (Å²) in [5.41, 5.74) is -0.223. The third kappa shape index (κ3) is 2.91. The lowest BCUT2D eigenvalue weighted by molar-refractivity contribution is -0.129. The highest BCUT2D eigenvalue weighted by Crippen LogP contribution is 2.38. The van der Waals surface area contributed by atoms with E-state index in [0.29, 0.717) is 0 Å². The van der Waals surface area contributed by atoms with Gasteiger partial charge in [0, 0.05) is 7.11 Å². The minimum Gasteiger partial charge on any atom is -0.506 e. The molecule has 3 N–H and O–H groups in total. The summed E-state index contributed by atoms with van der Waals surface area (Å²) < 4.78 is 5.36. The Morgan fingerprint density at radius 3 is 2.55 bits per heavy atom. The number of benzene rings is 1. The predicted octanol–water partition coefficient (Wildman–Crippen LogP) is 1.99. The van der Waals surface area contributed by atoms with Crippen molar-refractivity contribution in [2.24, 2.45) is 0 Å². The van der Waals surface area contributed by atoms with E-state index in [0.717, 1.165) is 25.3 Å². The Labute approximate surface area is 116 Å². The van der Waals surface area contributed by atoms with Crippen molar-refractivity contribution in [3.05, 3.63) is 23.8 Å². The number of carboxylic acid groups (broad SMARTS) is 1. The summed E-state index contributed by atoms with van der Waals surface area (Å²) in [5, 5.41) is 21.1. The fourth-order valence-corrected chi connectivity index (χ4v) is 2.28. The smallest absolute Gasteiger partial charge is 0.335 e. The van der Waals surface area contributed by atoms with Gasteiger partial charge in [-0.25, -0.2) is 4.79 Å². The van der Waals surface area contributed by atoms with Gasteiger partial charge in [0.2, 0.25) is 5.91 Å². The minimum absolute atomic E-state index is 0.0344. The average molecular weight is 279 g/mol. The molecule has 0 heterocycles. The molecule has 0 radical (unpaired) electrons. The lowest BCUT2D eigenvalue weighted by Gasteiger charge is -2.39. The molecule has 2 rings (SSSR count). The van der Waals surface area contributed by atoms with Crippen LogP contribution in [-0.2, 0) is 9.53 Å². The van der Waals surface area contributed by atoms with Crippen LogP contribution in [0.5, 0.6) is 5.75 Å². The third-order valence-corrected chi connectivity index (χ3v) is 3.70. The highest BCUT2D eigenvalue weighted by molar-refractivity contribution is 5.94. The van der Waals surface area contributed by atoms with Crippen LogP contribution in [-0.4, -0.2) is 34.8 Å². The van der Waals surface area contributed by atoms with Crippen LogP contribution in [0.3, 0.4) is 0 Å². The first-order chi connectivity index (χ1) is 9.46. The highest BCUT2D eigenvalue weighted by atomic mass is 16.5.